The maximum Gasteiger partial charge on any atom is 0.224 e. The van der Waals surface area contributed by atoms with E-state index in [-0.39, 0.29) is 0 Å². The predicted octanol–water partition coefficient (Wildman–Crippen LogP) is 4.58. The Kier molecular flexibility index (Phi) is 4.95. The normalized spacial score (nSPS) is 10.9. The smallest absolute Gasteiger partial charge is 0.224 e. The predicted molar refractivity (Wildman–Crippen MR) is 123 cm³/mol. The highest BCUT2D eigenvalue weighted by Gasteiger charge is 2.06. The van der Waals surface area contributed by atoms with Crippen molar-refractivity contribution in [3.63, 3.8) is 0 Å². The van der Waals surface area contributed by atoms with Crippen molar-refractivity contribution in [2.24, 2.45) is 0 Å². The summed E-state index contributed by atoms with van der Waals surface area (Å²) in [7, 11) is 0. The molecular formula is C24H21N7. The molecule has 31 heavy (non-hydrogen) atoms. The van der Waals surface area contributed by atoms with Crippen LogP contribution in [0.5, 0.6) is 0 Å². The van der Waals surface area contributed by atoms with Gasteiger partial charge in [-0.1, -0.05) is 6.07 Å². The van der Waals surface area contributed by atoms with Crippen molar-refractivity contribution in [3.05, 3.63) is 83.8 Å². The van der Waals surface area contributed by atoms with Gasteiger partial charge in [-0.25, -0.2) is 4.98 Å². The number of nitrogens with one attached hydrogen (secondary N) is 4. The molecule has 0 aliphatic carbocycles. The van der Waals surface area contributed by atoms with Crippen molar-refractivity contribution in [2.45, 2.75) is 13.0 Å². The van der Waals surface area contributed by atoms with Crippen molar-refractivity contribution in [1.82, 2.24) is 19.9 Å². The van der Waals surface area contributed by atoms with E-state index < -0.39 is 0 Å². The third-order valence-corrected chi connectivity index (χ3v) is 5.32. The van der Waals surface area contributed by atoms with Gasteiger partial charge in [0.05, 0.1) is 11.6 Å². The van der Waals surface area contributed by atoms with E-state index in [1.54, 1.807) is 6.20 Å². The zero-order chi connectivity index (χ0) is 21.0. The SMILES string of the molecule is N#Cc1ccc2[nH]cc(CCNc3nccc(NCc4ccc5[nH]ccc5c4)n3)c2c1. The van der Waals surface area contributed by atoms with Crippen molar-refractivity contribution in [3.8, 4) is 6.07 Å². The summed E-state index contributed by atoms with van der Waals surface area (Å²) in [4.78, 5) is 15.3. The number of aromatic nitrogens is 4. The number of anilines is 2. The second kappa shape index (κ2) is 8.20. The summed E-state index contributed by atoms with van der Waals surface area (Å²) in [6, 6.07) is 18.2. The van der Waals surface area contributed by atoms with Crippen molar-refractivity contribution < 1.29 is 0 Å². The molecule has 152 valence electrons. The monoisotopic (exact) mass is 407 g/mol. The largest absolute Gasteiger partial charge is 0.366 e. The molecule has 5 rings (SSSR count). The van der Waals surface area contributed by atoms with Gasteiger partial charge in [-0.15, -0.1) is 0 Å². The standard InChI is InChI=1S/C24H21N7/c25-13-16-1-4-22-20(12-16)19(15-29-22)6-9-27-24-28-10-7-23(31-24)30-14-17-2-3-21-18(11-17)5-8-26-21/h1-5,7-8,10-12,15,26,29H,6,9,14H2,(H2,27,28,30,31). The average molecular weight is 407 g/mol. The van der Waals surface area contributed by atoms with Gasteiger partial charge < -0.3 is 20.6 Å². The maximum absolute atomic E-state index is 9.13. The van der Waals surface area contributed by atoms with E-state index in [2.05, 4.69) is 60.9 Å². The summed E-state index contributed by atoms with van der Waals surface area (Å²) in [5.41, 5.74) is 5.19. The Bertz CT molecular complexity index is 1390. The van der Waals surface area contributed by atoms with Gasteiger partial charge in [0.1, 0.15) is 5.82 Å². The van der Waals surface area contributed by atoms with Crippen molar-refractivity contribution in [1.29, 1.82) is 5.26 Å². The van der Waals surface area contributed by atoms with E-state index in [1.807, 2.05) is 36.7 Å². The Labute approximate surface area is 179 Å². The summed E-state index contributed by atoms with van der Waals surface area (Å²) >= 11 is 0. The minimum Gasteiger partial charge on any atom is -0.366 e. The molecule has 5 aromatic rings. The molecule has 7 heteroatoms. The van der Waals surface area contributed by atoms with Gasteiger partial charge in [-0.05, 0) is 65.4 Å². The first-order valence-electron chi connectivity index (χ1n) is 10.2. The number of benzene rings is 2. The highest BCUT2D eigenvalue weighted by Crippen LogP contribution is 2.20. The maximum atomic E-state index is 9.13. The van der Waals surface area contributed by atoms with E-state index in [1.165, 1.54) is 10.9 Å². The molecule has 0 atom stereocenters. The van der Waals surface area contributed by atoms with Crippen molar-refractivity contribution in [2.75, 3.05) is 17.2 Å². The molecule has 0 unspecified atom stereocenters. The third kappa shape index (κ3) is 4.05. The van der Waals surface area contributed by atoms with Gasteiger partial charge in [0, 0.05) is 48.1 Å². The minimum atomic E-state index is 0.587. The summed E-state index contributed by atoms with van der Waals surface area (Å²) in [5.74, 6) is 1.36. The van der Waals surface area contributed by atoms with Gasteiger partial charge in [0.15, 0.2) is 0 Å². The first kappa shape index (κ1) is 18.7. The van der Waals surface area contributed by atoms with Gasteiger partial charge in [0.2, 0.25) is 5.95 Å². The fourth-order valence-corrected chi connectivity index (χ4v) is 3.71. The third-order valence-electron chi connectivity index (χ3n) is 5.32. The van der Waals surface area contributed by atoms with Crippen LogP contribution >= 0.6 is 0 Å². The zero-order valence-electron chi connectivity index (χ0n) is 16.8. The molecule has 7 nitrogen and oxygen atoms in total. The Balaban J connectivity index is 1.20. The molecule has 0 saturated carbocycles. The van der Waals surface area contributed by atoms with Crippen LogP contribution in [-0.2, 0) is 13.0 Å². The highest BCUT2D eigenvalue weighted by molar-refractivity contribution is 5.84. The minimum absolute atomic E-state index is 0.587. The number of nitrogens with zero attached hydrogens (tertiary/aromatic N) is 3. The molecule has 0 saturated heterocycles. The number of aromatic amines is 2. The molecule has 0 radical (unpaired) electrons. The van der Waals surface area contributed by atoms with E-state index in [0.29, 0.717) is 24.6 Å². The average Bonchev–Trinajstić information content (AvgIpc) is 3.44. The summed E-state index contributed by atoms with van der Waals surface area (Å²) in [6.45, 7) is 1.38. The summed E-state index contributed by atoms with van der Waals surface area (Å²) in [6.07, 6.45) is 6.49. The number of hydrogen-bond donors (Lipinski definition) is 4. The van der Waals surface area contributed by atoms with Crippen molar-refractivity contribution >= 4 is 33.6 Å². The quantitative estimate of drug-likeness (QED) is 0.316. The van der Waals surface area contributed by atoms with E-state index in [0.717, 1.165) is 34.2 Å². The van der Waals surface area contributed by atoms with Crippen LogP contribution in [0.15, 0.2) is 67.1 Å². The lowest BCUT2D eigenvalue weighted by Crippen LogP contribution is -2.09. The molecule has 0 bridgehead atoms. The van der Waals surface area contributed by atoms with Crippen LogP contribution in [-0.4, -0.2) is 26.5 Å². The van der Waals surface area contributed by atoms with Crippen LogP contribution in [0.2, 0.25) is 0 Å². The molecule has 3 heterocycles. The molecule has 3 aromatic heterocycles. The Morgan fingerprint density at radius 3 is 2.84 bits per heavy atom. The molecule has 0 spiro atoms. The number of hydrogen-bond acceptors (Lipinski definition) is 5. The molecule has 0 amide bonds. The van der Waals surface area contributed by atoms with Crippen LogP contribution in [0.4, 0.5) is 11.8 Å². The van der Waals surface area contributed by atoms with E-state index >= 15 is 0 Å². The topological polar surface area (TPSA) is 105 Å². The van der Waals surface area contributed by atoms with Gasteiger partial charge in [-0.3, -0.25) is 0 Å². The van der Waals surface area contributed by atoms with Crippen LogP contribution in [0, 0.1) is 11.3 Å². The Morgan fingerprint density at radius 1 is 0.968 bits per heavy atom. The number of nitriles is 1. The fraction of sp³-hybridized carbons (Fsp3) is 0.125. The molecule has 4 N–H and O–H groups in total. The summed E-state index contributed by atoms with van der Waals surface area (Å²) in [5, 5.41) is 18.1. The molecule has 2 aromatic carbocycles. The second-order valence-corrected chi connectivity index (χ2v) is 7.38. The molecule has 0 aliphatic rings. The number of H-pyrrole nitrogens is 2. The first-order chi connectivity index (χ1) is 15.3. The molecule has 0 aliphatic heterocycles. The zero-order valence-corrected chi connectivity index (χ0v) is 16.8. The molecule has 0 fully saturated rings. The van der Waals surface area contributed by atoms with Crippen LogP contribution in [0.25, 0.3) is 21.8 Å². The lowest BCUT2D eigenvalue weighted by atomic mass is 10.1. The van der Waals surface area contributed by atoms with E-state index in [9.17, 15) is 0 Å². The number of fused-ring (bicyclic) bond motifs is 2. The highest BCUT2D eigenvalue weighted by atomic mass is 15.1. The lowest BCUT2D eigenvalue weighted by molar-refractivity contribution is 0.985. The first-order valence-corrected chi connectivity index (χ1v) is 10.2. The van der Waals surface area contributed by atoms with Gasteiger partial charge in [0.25, 0.3) is 0 Å². The number of rotatable bonds is 7. The van der Waals surface area contributed by atoms with Gasteiger partial charge in [-0.2, -0.15) is 10.2 Å². The molecular weight excluding hydrogens is 386 g/mol. The van der Waals surface area contributed by atoms with Crippen LogP contribution in [0.1, 0.15) is 16.7 Å². The Morgan fingerprint density at radius 2 is 1.90 bits per heavy atom. The lowest BCUT2D eigenvalue weighted by Gasteiger charge is -2.09. The Hall–Kier alpha value is -4.31. The summed E-state index contributed by atoms with van der Waals surface area (Å²) < 4.78 is 0. The van der Waals surface area contributed by atoms with Crippen LogP contribution < -0.4 is 10.6 Å². The fourth-order valence-electron chi connectivity index (χ4n) is 3.71. The van der Waals surface area contributed by atoms with Crippen LogP contribution in [0.3, 0.4) is 0 Å². The van der Waals surface area contributed by atoms with E-state index in [4.69, 9.17) is 5.26 Å². The second-order valence-electron chi connectivity index (χ2n) is 7.38. The van der Waals surface area contributed by atoms with Gasteiger partial charge >= 0.3 is 0 Å².